The fourth-order valence-electron chi connectivity index (χ4n) is 7.08. The van der Waals surface area contributed by atoms with Gasteiger partial charge in [0.2, 0.25) is 23.5 Å². The van der Waals surface area contributed by atoms with Crippen LogP contribution in [0, 0.1) is 11.3 Å². The number of carbonyl (C=O) groups is 6. The second kappa shape index (κ2) is 17.8. The minimum atomic E-state index is -1.10. The van der Waals surface area contributed by atoms with Gasteiger partial charge in [0.1, 0.15) is 35.7 Å². The van der Waals surface area contributed by atoms with E-state index in [2.05, 4.69) is 31.2 Å². The zero-order valence-corrected chi connectivity index (χ0v) is 31.1. The summed E-state index contributed by atoms with van der Waals surface area (Å²) in [6.45, 7) is 7.36. The molecule has 1 aromatic heterocycles. The molecular formula is C39H53N7O7. The Hall–Kier alpha value is -4.88. The number of likely N-dealkylation sites (tertiary alicyclic amines) is 1. The number of para-hydroxylation sites is 1. The van der Waals surface area contributed by atoms with Gasteiger partial charge in [-0.2, -0.15) is 0 Å². The highest BCUT2D eigenvalue weighted by Gasteiger charge is 2.47. The van der Waals surface area contributed by atoms with Crippen molar-refractivity contribution in [2.75, 3.05) is 6.54 Å². The number of nitrogens with one attached hydrogen (secondary N) is 4. The van der Waals surface area contributed by atoms with Crippen molar-refractivity contribution in [3.63, 3.8) is 0 Å². The zero-order valence-electron chi connectivity index (χ0n) is 31.1. The third-order valence-electron chi connectivity index (χ3n) is 10.1. The number of aromatic nitrogens is 2. The number of amides is 5. The molecular weight excluding hydrogens is 678 g/mol. The molecule has 0 radical (unpaired) electrons. The Morgan fingerprint density at radius 1 is 0.925 bits per heavy atom. The summed E-state index contributed by atoms with van der Waals surface area (Å²) in [5.41, 5.74) is -0.746. The van der Waals surface area contributed by atoms with E-state index in [1.807, 2.05) is 45.9 Å². The third-order valence-corrected chi connectivity index (χ3v) is 10.1. The van der Waals surface area contributed by atoms with Gasteiger partial charge >= 0.3 is 0 Å². The largest absolute Gasteiger partial charge is 0.488 e. The summed E-state index contributed by atoms with van der Waals surface area (Å²) in [6.07, 6.45) is 10.5. The molecule has 2 saturated carbocycles. The summed E-state index contributed by atoms with van der Waals surface area (Å²) in [7, 11) is 0. The second-order valence-corrected chi connectivity index (χ2v) is 15.5. The first-order valence-electron chi connectivity index (χ1n) is 18.9. The monoisotopic (exact) mass is 731 g/mol. The van der Waals surface area contributed by atoms with Crippen LogP contribution in [0.3, 0.4) is 0 Å². The van der Waals surface area contributed by atoms with E-state index in [-0.39, 0.29) is 37.0 Å². The summed E-state index contributed by atoms with van der Waals surface area (Å²) in [5.74, 6) is -3.17. The number of benzene rings is 1. The maximum absolute atomic E-state index is 14.7. The van der Waals surface area contributed by atoms with Gasteiger partial charge in [-0.1, -0.05) is 71.6 Å². The van der Waals surface area contributed by atoms with Crippen LogP contribution in [0.1, 0.15) is 102 Å². The van der Waals surface area contributed by atoms with Gasteiger partial charge in [-0.05, 0) is 55.6 Å². The lowest BCUT2D eigenvalue weighted by Gasteiger charge is -2.37. The summed E-state index contributed by atoms with van der Waals surface area (Å²) in [6, 6.07) is 4.89. The quantitative estimate of drug-likeness (QED) is 0.200. The van der Waals surface area contributed by atoms with Crippen LogP contribution in [0.15, 0.2) is 48.9 Å². The number of rotatable bonds is 15. The molecule has 2 aromatic rings. The van der Waals surface area contributed by atoms with Crippen LogP contribution in [-0.2, 0) is 24.0 Å². The summed E-state index contributed by atoms with van der Waals surface area (Å²) < 4.78 is 6.22. The molecule has 0 unspecified atom stereocenters. The van der Waals surface area contributed by atoms with Crippen LogP contribution in [-0.4, -0.2) is 93.0 Å². The molecule has 5 amide bonds. The van der Waals surface area contributed by atoms with Crippen LogP contribution in [0.4, 0.5) is 0 Å². The molecule has 53 heavy (non-hydrogen) atoms. The van der Waals surface area contributed by atoms with Crippen LogP contribution in [0.2, 0.25) is 0 Å². The highest BCUT2D eigenvalue weighted by atomic mass is 16.5. The molecule has 0 spiro atoms. The van der Waals surface area contributed by atoms with Gasteiger partial charge in [-0.15, -0.1) is 0 Å². The number of hydrogen-bond donors (Lipinski definition) is 4. The van der Waals surface area contributed by atoms with E-state index in [1.54, 1.807) is 12.1 Å². The Morgan fingerprint density at radius 3 is 2.26 bits per heavy atom. The molecule has 14 heteroatoms. The van der Waals surface area contributed by atoms with Crippen LogP contribution >= 0.6 is 0 Å². The predicted molar refractivity (Wildman–Crippen MR) is 195 cm³/mol. The van der Waals surface area contributed by atoms with Gasteiger partial charge in [-0.3, -0.25) is 33.8 Å². The molecule has 4 N–H and O–H groups in total. The lowest BCUT2D eigenvalue weighted by atomic mass is 9.82. The normalized spacial score (nSPS) is 20.7. The first kappa shape index (κ1) is 39.3. The molecule has 1 aliphatic heterocycles. The number of carbonyl (C=O) groups excluding carboxylic acids is 6. The van der Waals surface area contributed by atoms with Crippen molar-refractivity contribution in [3.8, 4) is 5.75 Å². The molecule has 2 heterocycles. The smallest absolute Gasteiger partial charge is 0.289 e. The Balaban J connectivity index is 1.39. The zero-order chi connectivity index (χ0) is 38.1. The molecule has 1 saturated heterocycles. The lowest BCUT2D eigenvalue weighted by molar-refractivity contribution is -0.145. The number of nitrogens with zero attached hydrogens (tertiary/aromatic N) is 3. The topological polar surface area (TPSA) is 189 Å². The number of Topliss-reactive ketones (excluding diaryl/α,β-unsaturated/α-hetero) is 1. The van der Waals surface area contributed by atoms with E-state index >= 15 is 0 Å². The molecule has 5 rings (SSSR count). The van der Waals surface area contributed by atoms with Crippen molar-refractivity contribution < 1.29 is 33.5 Å². The highest BCUT2D eigenvalue weighted by molar-refractivity contribution is 6.38. The Kier molecular flexibility index (Phi) is 13.2. The highest BCUT2D eigenvalue weighted by Crippen LogP contribution is 2.30. The molecule has 286 valence electrons. The van der Waals surface area contributed by atoms with E-state index in [4.69, 9.17) is 4.74 Å². The average Bonchev–Trinajstić information content (AvgIpc) is 3.87. The number of hydrogen-bond acceptors (Lipinski definition) is 9. The Labute approximate surface area is 311 Å². The fraction of sp³-hybridized carbons (Fsp3) is 0.590. The summed E-state index contributed by atoms with van der Waals surface area (Å²) in [5, 5.41) is 11.3. The maximum Gasteiger partial charge on any atom is 0.289 e. The standard InChI is InChI=1S/C39H53N7O7/c1-5-12-28(32(47)37(51)42-25-17-18-25)43-35(49)30-21-27(53-26-15-10-7-11-16-26)23-46(30)38(52)33(39(2,3)4)45-36(50)31(24-13-8-6-9-14-24)44-34(48)29-22-40-19-20-41-29/h7,10-11,15-16,19-20,22,24-25,27-28,30-31,33H,5-6,8-9,12-14,17-18,21,23H2,1-4H3,(H,42,51)(H,43,49)(H,44,48)(H,45,50)/t27-,28+,30+,31+,33-/m1/s1. The van der Waals surface area contributed by atoms with Gasteiger partial charge in [-0.25, -0.2) is 4.98 Å². The SMILES string of the molecule is CCC[C@H](NC(=O)[C@@H]1C[C@@H](Oc2ccccc2)CN1C(=O)[C@@H](NC(=O)[C@@H](NC(=O)c1cnccn1)C1CCCCC1)C(C)(C)C)C(=O)C(=O)NC1CC1. The van der Waals surface area contributed by atoms with Crippen molar-refractivity contribution in [3.05, 3.63) is 54.6 Å². The van der Waals surface area contributed by atoms with Crippen LogP contribution < -0.4 is 26.0 Å². The lowest BCUT2D eigenvalue weighted by Crippen LogP contribution is -2.62. The van der Waals surface area contributed by atoms with E-state index in [9.17, 15) is 28.8 Å². The molecule has 3 fully saturated rings. The second-order valence-electron chi connectivity index (χ2n) is 15.5. The Bertz CT molecular complexity index is 1610. The van der Waals surface area contributed by atoms with E-state index in [0.29, 0.717) is 12.2 Å². The maximum atomic E-state index is 14.7. The van der Waals surface area contributed by atoms with E-state index in [1.165, 1.54) is 23.5 Å². The first-order chi connectivity index (χ1) is 25.3. The third kappa shape index (κ3) is 10.6. The molecule has 1 aromatic carbocycles. The van der Waals surface area contributed by atoms with Gasteiger partial charge in [0.15, 0.2) is 0 Å². The van der Waals surface area contributed by atoms with E-state index < -0.39 is 71.0 Å². The first-order valence-corrected chi connectivity index (χ1v) is 18.9. The molecule has 0 bridgehead atoms. The van der Waals surface area contributed by atoms with Crippen molar-refractivity contribution in [1.82, 2.24) is 36.1 Å². The van der Waals surface area contributed by atoms with Crippen LogP contribution in [0.25, 0.3) is 0 Å². The Morgan fingerprint density at radius 2 is 1.64 bits per heavy atom. The summed E-state index contributed by atoms with van der Waals surface area (Å²) >= 11 is 0. The predicted octanol–water partition coefficient (Wildman–Crippen LogP) is 2.87. The molecule has 5 atom stereocenters. The fourth-order valence-corrected chi connectivity index (χ4v) is 7.08. The molecule has 14 nitrogen and oxygen atoms in total. The number of ketones is 1. The minimum absolute atomic E-state index is 0.0224. The van der Waals surface area contributed by atoms with Crippen molar-refractivity contribution in [2.24, 2.45) is 11.3 Å². The van der Waals surface area contributed by atoms with E-state index in [0.717, 1.165) is 44.9 Å². The summed E-state index contributed by atoms with van der Waals surface area (Å²) in [4.78, 5) is 91.6. The molecule has 2 aliphatic carbocycles. The van der Waals surface area contributed by atoms with Crippen molar-refractivity contribution in [1.29, 1.82) is 0 Å². The molecule has 3 aliphatic rings. The van der Waals surface area contributed by atoms with Gasteiger partial charge in [0.25, 0.3) is 11.8 Å². The van der Waals surface area contributed by atoms with Gasteiger partial charge in [0.05, 0.1) is 18.8 Å². The van der Waals surface area contributed by atoms with Gasteiger partial charge < -0.3 is 30.9 Å². The van der Waals surface area contributed by atoms with Gasteiger partial charge in [0, 0.05) is 24.9 Å². The minimum Gasteiger partial charge on any atom is -0.488 e. The van der Waals surface area contributed by atoms with Crippen molar-refractivity contribution >= 4 is 35.3 Å². The average molecular weight is 732 g/mol. The van der Waals surface area contributed by atoms with Crippen molar-refractivity contribution in [2.45, 2.75) is 128 Å². The van der Waals surface area contributed by atoms with Crippen LogP contribution in [0.5, 0.6) is 5.75 Å². The number of ether oxygens (including phenoxy) is 1.